The van der Waals surface area contributed by atoms with Crippen molar-refractivity contribution in [3.63, 3.8) is 0 Å². The highest BCUT2D eigenvalue weighted by atomic mass is 16.5. The summed E-state index contributed by atoms with van der Waals surface area (Å²) >= 11 is 0. The number of aromatic nitrogens is 2. The van der Waals surface area contributed by atoms with Crippen molar-refractivity contribution in [2.45, 2.75) is 38.7 Å². The lowest BCUT2D eigenvalue weighted by molar-refractivity contribution is -0.121. The van der Waals surface area contributed by atoms with Gasteiger partial charge < -0.3 is 15.0 Å². The van der Waals surface area contributed by atoms with E-state index in [0.29, 0.717) is 13.0 Å². The van der Waals surface area contributed by atoms with Crippen LogP contribution in [0.5, 0.6) is 0 Å². The summed E-state index contributed by atoms with van der Waals surface area (Å²) in [7, 11) is 0. The Hall–Kier alpha value is -1.88. The Morgan fingerprint density at radius 3 is 3.14 bits per heavy atom. The maximum Gasteiger partial charge on any atom is 0.224 e. The van der Waals surface area contributed by atoms with E-state index in [1.807, 2.05) is 25.1 Å². The summed E-state index contributed by atoms with van der Waals surface area (Å²) in [6, 6.07) is 5.89. The van der Waals surface area contributed by atoms with Crippen LogP contribution in [0.2, 0.25) is 0 Å². The number of rotatable bonds is 4. The molecule has 2 N–H and O–H groups in total. The maximum absolute atomic E-state index is 12.1. The zero-order valence-electron chi connectivity index (χ0n) is 12.5. The summed E-state index contributed by atoms with van der Waals surface area (Å²) in [4.78, 5) is 19.6. The Bertz CT molecular complexity index is 657. The normalized spacial score (nSPS) is 21.8. The van der Waals surface area contributed by atoms with Crippen molar-refractivity contribution in [3.8, 4) is 0 Å². The van der Waals surface area contributed by atoms with Crippen molar-refractivity contribution in [2.24, 2.45) is 0 Å². The molecule has 3 rings (SSSR count). The van der Waals surface area contributed by atoms with Crippen molar-refractivity contribution < 1.29 is 9.53 Å². The van der Waals surface area contributed by atoms with Gasteiger partial charge in [-0.3, -0.25) is 4.79 Å². The van der Waals surface area contributed by atoms with Gasteiger partial charge in [-0.25, -0.2) is 4.98 Å². The average Bonchev–Trinajstić information content (AvgIpc) is 3.02. The minimum Gasteiger partial charge on any atom is -0.373 e. The Morgan fingerprint density at radius 1 is 1.52 bits per heavy atom. The summed E-state index contributed by atoms with van der Waals surface area (Å²) < 4.78 is 5.67. The summed E-state index contributed by atoms with van der Waals surface area (Å²) in [6.07, 6.45) is 2.46. The molecule has 5 nitrogen and oxygen atoms in total. The van der Waals surface area contributed by atoms with Gasteiger partial charge in [0.15, 0.2) is 0 Å². The Kier molecular flexibility index (Phi) is 3.68. The highest BCUT2D eigenvalue weighted by molar-refractivity contribution is 5.81. The molecule has 1 aromatic carbocycles. The van der Waals surface area contributed by atoms with Crippen molar-refractivity contribution in [2.75, 3.05) is 13.2 Å². The van der Waals surface area contributed by atoms with Crippen LogP contribution in [0.4, 0.5) is 0 Å². The molecule has 1 aromatic heterocycles. The fourth-order valence-corrected chi connectivity index (χ4v) is 2.80. The molecule has 1 aliphatic rings. The second-order valence-corrected chi connectivity index (χ2v) is 6.03. The van der Waals surface area contributed by atoms with Crippen molar-refractivity contribution in [1.82, 2.24) is 15.3 Å². The second-order valence-electron chi connectivity index (χ2n) is 6.03. The molecule has 1 amide bonds. The minimum atomic E-state index is -0.194. The van der Waals surface area contributed by atoms with Gasteiger partial charge in [-0.2, -0.15) is 0 Å². The van der Waals surface area contributed by atoms with Crippen LogP contribution >= 0.6 is 0 Å². The topological polar surface area (TPSA) is 67.0 Å². The quantitative estimate of drug-likeness (QED) is 0.905. The molecular weight excluding hydrogens is 266 g/mol. The van der Waals surface area contributed by atoms with Gasteiger partial charge in [0, 0.05) is 13.2 Å². The number of nitrogens with one attached hydrogen (secondary N) is 2. The van der Waals surface area contributed by atoms with Crippen LogP contribution in [-0.4, -0.2) is 34.6 Å². The summed E-state index contributed by atoms with van der Waals surface area (Å²) in [5, 5.41) is 2.98. The molecule has 1 saturated heterocycles. The fraction of sp³-hybridized carbons (Fsp3) is 0.500. The van der Waals surface area contributed by atoms with Gasteiger partial charge in [-0.1, -0.05) is 6.07 Å². The molecule has 21 heavy (non-hydrogen) atoms. The SMILES string of the molecule is Cc1nc2ccc(CC(=O)NC[C@]3(C)CCCO3)cc2[nH]1. The number of nitrogens with zero attached hydrogens (tertiary/aromatic N) is 1. The first kappa shape index (κ1) is 14.1. The number of ether oxygens (including phenoxy) is 1. The van der Waals surface area contributed by atoms with Crippen molar-refractivity contribution in [1.29, 1.82) is 0 Å². The van der Waals surface area contributed by atoms with E-state index in [4.69, 9.17) is 4.74 Å². The van der Waals surface area contributed by atoms with Gasteiger partial charge in [0.05, 0.1) is 23.1 Å². The Morgan fingerprint density at radius 2 is 2.38 bits per heavy atom. The van der Waals surface area contributed by atoms with Crippen LogP contribution in [0, 0.1) is 6.92 Å². The lowest BCUT2D eigenvalue weighted by Crippen LogP contribution is -2.40. The first-order valence-corrected chi connectivity index (χ1v) is 7.40. The molecule has 0 bridgehead atoms. The van der Waals surface area contributed by atoms with Crippen LogP contribution in [-0.2, 0) is 16.0 Å². The number of hydrogen-bond acceptors (Lipinski definition) is 3. The Balaban J connectivity index is 1.60. The fourth-order valence-electron chi connectivity index (χ4n) is 2.80. The summed E-state index contributed by atoms with van der Waals surface area (Å²) in [5.41, 5.74) is 2.70. The van der Waals surface area contributed by atoms with E-state index in [0.717, 1.165) is 41.9 Å². The number of benzene rings is 1. The highest BCUT2D eigenvalue weighted by Gasteiger charge is 2.29. The van der Waals surface area contributed by atoms with Crippen LogP contribution in [0.25, 0.3) is 11.0 Å². The van der Waals surface area contributed by atoms with E-state index >= 15 is 0 Å². The Labute approximate surface area is 124 Å². The second kappa shape index (κ2) is 5.48. The van der Waals surface area contributed by atoms with Crippen LogP contribution in [0.3, 0.4) is 0 Å². The van der Waals surface area contributed by atoms with E-state index < -0.39 is 0 Å². The molecule has 0 aliphatic carbocycles. The van der Waals surface area contributed by atoms with Crippen LogP contribution in [0.1, 0.15) is 31.2 Å². The van der Waals surface area contributed by atoms with Gasteiger partial charge >= 0.3 is 0 Å². The third-order valence-electron chi connectivity index (χ3n) is 3.99. The molecule has 5 heteroatoms. The summed E-state index contributed by atoms with van der Waals surface area (Å²) in [6.45, 7) is 5.36. The van der Waals surface area contributed by atoms with Crippen molar-refractivity contribution >= 4 is 16.9 Å². The van der Waals surface area contributed by atoms with E-state index in [1.54, 1.807) is 0 Å². The molecule has 2 heterocycles. The number of carbonyl (C=O) groups excluding carboxylic acids is 1. The molecule has 1 atom stereocenters. The van der Waals surface area contributed by atoms with Gasteiger partial charge in [-0.05, 0) is 44.4 Å². The van der Waals surface area contributed by atoms with E-state index in [1.165, 1.54) is 0 Å². The number of amides is 1. The number of aromatic amines is 1. The molecule has 1 fully saturated rings. The van der Waals surface area contributed by atoms with Gasteiger partial charge in [-0.15, -0.1) is 0 Å². The number of H-pyrrole nitrogens is 1. The van der Waals surface area contributed by atoms with Crippen molar-refractivity contribution in [3.05, 3.63) is 29.6 Å². The first-order chi connectivity index (χ1) is 10.0. The minimum absolute atomic E-state index is 0.0299. The molecule has 0 spiro atoms. The predicted molar refractivity (Wildman–Crippen MR) is 81.1 cm³/mol. The molecule has 1 aliphatic heterocycles. The largest absolute Gasteiger partial charge is 0.373 e. The van der Waals surface area contributed by atoms with E-state index in [2.05, 4.69) is 22.2 Å². The number of aryl methyl sites for hydroxylation is 1. The highest BCUT2D eigenvalue weighted by Crippen LogP contribution is 2.23. The lowest BCUT2D eigenvalue weighted by Gasteiger charge is -2.23. The molecule has 2 aromatic rings. The molecule has 0 unspecified atom stereocenters. The molecule has 0 saturated carbocycles. The maximum atomic E-state index is 12.1. The van der Waals surface area contributed by atoms with E-state index in [-0.39, 0.29) is 11.5 Å². The van der Waals surface area contributed by atoms with E-state index in [9.17, 15) is 4.79 Å². The first-order valence-electron chi connectivity index (χ1n) is 7.40. The molecular formula is C16H21N3O2. The smallest absolute Gasteiger partial charge is 0.224 e. The third-order valence-corrected chi connectivity index (χ3v) is 3.99. The standard InChI is InChI=1S/C16H21N3O2/c1-11-18-13-5-4-12(8-14(13)19-11)9-15(20)17-10-16(2)6-3-7-21-16/h4-5,8H,3,6-7,9-10H2,1-2H3,(H,17,20)(H,18,19)/t16-/m0/s1. The summed E-state index contributed by atoms with van der Waals surface area (Å²) in [5.74, 6) is 0.917. The van der Waals surface area contributed by atoms with Crippen LogP contribution in [0.15, 0.2) is 18.2 Å². The molecule has 0 radical (unpaired) electrons. The van der Waals surface area contributed by atoms with Gasteiger partial charge in [0.1, 0.15) is 5.82 Å². The number of carbonyl (C=O) groups is 1. The molecule has 112 valence electrons. The zero-order valence-corrected chi connectivity index (χ0v) is 12.5. The average molecular weight is 287 g/mol. The lowest BCUT2D eigenvalue weighted by atomic mass is 10.0. The monoisotopic (exact) mass is 287 g/mol. The number of fused-ring (bicyclic) bond motifs is 1. The van der Waals surface area contributed by atoms with Gasteiger partial charge in [0.2, 0.25) is 5.91 Å². The number of hydrogen-bond donors (Lipinski definition) is 2. The number of imidazole rings is 1. The van der Waals surface area contributed by atoms with Gasteiger partial charge in [0.25, 0.3) is 0 Å². The van der Waals surface area contributed by atoms with Crippen LogP contribution < -0.4 is 5.32 Å². The predicted octanol–water partition coefficient (Wildman–Crippen LogP) is 2.10. The zero-order chi connectivity index (χ0) is 14.9. The third kappa shape index (κ3) is 3.24.